The average Bonchev–Trinajstić information content (AvgIpc) is 3.56. The molecule has 7 rings (SSSR count). The molecule has 0 atom stereocenters. The summed E-state index contributed by atoms with van der Waals surface area (Å²) in [5, 5.41) is 3.69. The first-order valence-corrected chi connectivity index (χ1v) is 16.2. The Hall–Kier alpha value is -5.60. The highest BCUT2D eigenvalue weighted by Gasteiger charge is 2.14. The molecule has 0 radical (unpaired) electrons. The van der Waals surface area contributed by atoms with Gasteiger partial charge in [-0.15, -0.1) is 0 Å². The maximum atomic E-state index is 2.34. The zero-order valence-corrected chi connectivity index (χ0v) is 27.1. The first-order valence-electron chi connectivity index (χ1n) is 16.2. The largest absolute Gasteiger partial charge is 0.317 e. The Morgan fingerprint density at radius 2 is 1.17 bits per heavy atom. The number of aromatic nitrogens is 1. The van der Waals surface area contributed by atoms with Crippen molar-refractivity contribution in [1.29, 1.82) is 0 Å². The molecule has 0 amide bonds. The van der Waals surface area contributed by atoms with Crippen LogP contribution in [0, 0.1) is 0 Å². The van der Waals surface area contributed by atoms with E-state index in [-0.39, 0.29) is 0 Å². The van der Waals surface area contributed by atoms with Crippen LogP contribution in [-0.4, -0.2) is 4.57 Å². The summed E-state index contributed by atoms with van der Waals surface area (Å²) in [5.74, 6) is 0. The molecule has 0 aliphatic heterocycles. The zero-order chi connectivity index (χ0) is 31.9. The lowest BCUT2D eigenvalue weighted by atomic mass is 10.0. The molecule has 0 fully saturated rings. The van der Waals surface area contributed by atoms with E-state index in [1.807, 2.05) is 13.8 Å². The third-order valence-corrected chi connectivity index (χ3v) is 8.29. The fourth-order valence-corrected chi connectivity index (χ4v) is 6.04. The van der Waals surface area contributed by atoms with E-state index in [1.54, 1.807) is 0 Å². The van der Waals surface area contributed by atoms with Crippen molar-refractivity contribution in [2.24, 2.45) is 0 Å². The minimum atomic E-state index is 1.12. The number of anilines is 3. The summed E-state index contributed by atoms with van der Waals surface area (Å²) in [6.07, 6.45) is 8.55. The van der Waals surface area contributed by atoms with Crippen LogP contribution in [0.2, 0.25) is 0 Å². The van der Waals surface area contributed by atoms with Gasteiger partial charge in [0.15, 0.2) is 0 Å². The fourth-order valence-electron chi connectivity index (χ4n) is 6.04. The van der Waals surface area contributed by atoms with E-state index in [4.69, 9.17) is 0 Å². The fraction of sp³-hybridized carbons (Fsp3) is 0.0909. The van der Waals surface area contributed by atoms with Gasteiger partial charge in [0.05, 0.1) is 5.52 Å². The Bertz CT molecular complexity index is 2110. The van der Waals surface area contributed by atoms with Crippen LogP contribution in [0.25, 0.3) is 44.1 Å². The molecule has 6 aromatic carbocycles. The Morgan fingerprint density at radius 3 is 1.87 bits per heavy atom. The van der Waals surface area contributed by atoms with Crippen LogP contribution in [0.15, 0.2) is 170 Å². The highest BCUT2D eigenvalue weighted by molar-refractivity contribution is 5.90. The molecule has 0 aliphatic carbocycles. The van der Waals surface area contributed by atoms with Gasteiger partial charge in [0, 0.05) is 34.3 Å². The quantitative estimate of drug-likeness (QED) is 0.166. The molecule has 1 aromatic heterocycles. The number of para-hydroxylation sites is 1. The Kier molecular flexibility index (Phi) is 9.27. The standard InChI is InChI=1S/C42H34N2.C2H6/c1-3-10-31(4-2)33-15-21-39(22-16-33)44(41-25-19-32-11-8-9-12-35(32)30-41)40-23-17-34(18-24-40)36-20-26-42-37(29-36)27-28-43(42)38-13-6-5-7-14-38;1-2/h3-30H,1-2H3;1-2H3/b10-3-,31-4+;. The number of hydrogen-bond donors (Lipinski definition) is 0. The summed E-state index contributed by atoms with van der Waals surface area (Å²) < 4.78 is 2.24. The highest BCUT2D eigenvalue weighted by Crippen LogP contribution is 2.38. The van der Waals surface area contributed by atoms with Gasteiger partial charge in [0.2, 0.25) is 0 Å². The van der Waals surface area contributed by atoms with E-state index in [1.165, 1.54) is 49.6 Å². The van der Waals surface area contributed by atoms with Crippen molar-refractivity contribution in [2.45, 2.75) is 27.7 Å². The van der Waals surface area contributed by atoms with Gasteiger partial charge in [0.1, 0.15) is 0 Å². The van der Waals surface area contributed by atoms with Crippen molar-refractivity contribution >= 4 is 44.3 Å². The van der Waals surface area contributed by atoms with Gasteiger partial charge in [-0.3, -0.25) is 0 Å². The van der Waals surface area contributed by atoms with Crippen molar-refractivity contribution in [3.05, 3.63) is 176 Å². The lowest BCUT2D eigenvalue weighted by Gasteiger charge is -2.26. The topological polar surface area (TPSA) is 8.17 Å². The minimum absolute atomic E-state index is 1.12. The SMILES string of the molecule is C/C=C\C(=C/C)c1ccc(N(c2ccc(-c3ccc4c(ccn4-c4ccccc4)c3)cc2)c2ccc3ccccc3c2)cc1.CC. The van der Waals surface area contributed by atoms with E-state index >= 15 is 0 Å². The van der Waals surface area contributed by atoms with Crippen LogP contribution < -0.4 is 4.90 Å². The molecule has 0 N–H and O–H groups in total. The normalized spacial score (nSPS) is 11.5. The Morgan fingerprint density at radius 1 is 0.543 bits per heavy atom. The van der Waals surface area contributed by atoms with Crippen LogP contribution in [-0.2, 0) is 0 Å². The van der Waals surface area contributed by atoms with Gasteiger partial charge in [-0.1, -0.05) is 111 Å². The van der Waals surface area contributed by atoms with Crippen molar-refractivity contribution in [1.82, 2.24) is 4.57 Å². The van der Waals surface area contributed by atoms with Gasteiger partial charge in [-0.2, -0.15) is 0 Å². The third kappa shape index (κ3) is 6.16. The molecule has 226 valence electrons. The molecular formula is C44H40N2. The van der Waals surface area contributed by atoms with Gasteiger partial charge < -0.3 is 9.47 Å². The van der Waals surface area contributed by atoms with Crippen LogP contribution in [0.4, 0.5) is 17.1 Å². The van der Waals surface area contributed by atoms with E-state index < -0.39 is 0 Å². The maximum Gasteiger partial charge on any atom is 0.0528 e. The highest BCUT2D eigenvalue weighted by atomic mass is 15.1. The summed E-state index contributed by atoms with van der Waals surface area (Å²) in [5.41, 5.74) is 10.6. The Labute approximate surface area is 273 Å². The summed E-state index contributed by atoms with van der Waals surface area (Å²) >= 11 is 0. The van der Waals surface area contributed by atoms with Gasteiger partial charge in [-0.05, 0) is 114 Å². The van der Waals surface area contributed by atoms with Gasteiger partial charge >= 0.3 is 0 Å². The van der Waals surface area contributed by atoms with Crippen LogP contribution in [0.5, 0.6) is 0 Å². The molecule has 0 unspecified atom stereocenters. The summed E-state index contributed by atoms with van der Waals surface area (Å²) in [7, 11) is 0. The van der Waals surface area contributed by atoms with Crippen molar-refractivity contribution in [2.75, 3.05) is 4.90 Å². The number of benzene rings is 6. The van der Waals surface area contributed by atoms with Crippen LogP contribution in [0.3, 0.4) is 0 Å². The van der Waals surface area contributed by atoms with Crippen molar-refractivity contribution in [3.63, 3.8) is 0 Å². The summed E-state index contributed by atoms with van der Waals surface area (Å²) in [6.45, 7) is 8.14. The van der Waals surface area contributed by atoms with Crippen LogP contribution in [0.1, 0.15) is 33.3 Å². The first kappa shape index (κ1) is 30.4. The van der Waals surface area contributed by atoms with E-state index in [9.17, 15) is 0 Å². The van der Waals surface area contributed by atoms with E-state index in [0.717, 1.165) is 17.1 Å². The third-order valence-electron chi connectivity index (χ3n) is 8.29. The van der Waals surface area contributed by atoms with Crippen molar-refractivity contribution in [3.8, 4) is 16.8 Å². The molecule has 0 spiro atoms. The molecule has 2 nitrogen and oxygen atoms in total. The minimum Gasteiger partial charge on any atom is -0.317 e. The molecule has 2 heteroatoms. The molecule has 0 bridgehead atoms. The lowest BCUT2D eigenvalue weighted by molar-refractivity contribution is 1.13. The monoisotopic (exact) mass is 596 g/mol. The number of hydrogen-bond acceptors (Lipinski definition) is 1. The van der Waals surface area contributed by atoms with Gasteiger partial charge in [0.25, 0.3) is 0 Å². The second-order valence-electron chi connectivity index (χ2n) is 11.0. The van der Waals surface area contributed by atoms with Gasteiger partial charge in [-0.25, -0.2) is 0 Å². The van der Waals surface area contributed by atoms with E-state index in [0.29, 0.717) is 0 Å². The zero-order valence-electron chi connectivity index (χ0n) is 27.1. The molecule has 0 saturated heterocycles. The van der Waals surface area contributed by atoms with Crippen LogP contribution >= 0.6 is 0 Å². The average molecular weight is 597 g/mol. The number of fused-ring (bicyclic) bond motifs is 2. The number of nitrogens with zero attached hydrogens (tertiary/aromatic N) is 2. The predicted octanol–water partition coefficient (Wildman–Crippen LogP) is 12.9. The number of allylic oxidation sites excluding steroid dienone is 4. The molecule has 1 heterocycles. The second-order valence-corrected chi connectivity index (χ2v) is 11.0. The molecule has 0 saturated carbocycles. The lowest BCUT2D eigenvalue weighted by Crippen LogP contribution is -2.10. The molecule has 7 aromatic rings. The van der Waals surface area contributed by atoms with E-state index in [2.05, 4.69) is 193 Å². The molecule has 0 aliphatic rings. The van der Waals surface area contributed by atoms with Crippen molar-refractivity contribution < 1.29 is 0 Å². The predicted molar refractivity (Wildman–Crippen MR) is 201 cm³/mol. The smallest absolute Gasteiger partial charge is 0.0528 e. The first-order chi connectivity index (χ1) is 22.7. The Balaban J connectivity index is 0.00000182. The second kappa shape index (κ2) is 14.0. The molecular weight excluding hydrogens is 556 g/mol. The summed E-state index contributed by atoms with van der Waals surface area (Å²) in [4.78, 5) is 2.34. The summed E-state index contributed by atoms with van der Waals surface area (Å²) in [6, 6.07) is 52.5. The number of rotatable bonds is 7. The maximum absolute atomic E-state index is 2.34. The molecule has 46 heavy (non-hydrogen) atoms.